The van der Waals surface area contributed by atoms with Gasteiger partial charge in [0.05, 0.1) is 6.61 Å². The molecule has 0 saturated heterocycles. The number of hydrogen-bond acceptors (Lipinski definition) is 5. The number of hydrogen-bond donors (Lipinski definition) is 0. The van der Waals surface area contributed by atoms with Crippen molar-refractivity contribution in [2.45, 2.75) is 45.6 Å². The molecule has 1 atom stereocenters. The Balaban J connectivity index is 4.59. The third-order valence-corrected chi connectivity index (χ3v) is 3.47. The zero-order valence-electron chi connectivity index (χ0n) is 9.52. The van der Waals surface area contributed by atoms with Gasteiger partial charge in [-0.2, -0.15) is 0 Å². The highest BCUT2D eigenvalue weighted by atomic mass is 31.2. The monoisotopic (exact) mass is 238 g/mol. The van der Waals surface area contributed by atoms with Crippen LogP contribution in [0.1, 0.15) is 40.0 Å². The van der Waals surface area contributed by atoms with Crippen LogP contribution in [0.3, 0.4) is 0 Å². The minimum Gasteiger partial charge on any atom is -0.807 e. The molecule has 0 fully saturated rings. The molecule has 0 heterocycles. The lowest BCUT2D eigenvalue weighted by molar-refractivity contribution is -0.356. The highest BCUT2D eigenvalue weighted by molar-refractivity contribution is 7.50. The van der Waals surface area contributed by atoms with Gasteiger partial charge in [0.15, 0.2) is 5.53 Å². The van der Waals surface area contributed by atoms with Crippen LogP contribution in [-0.4, -0.2) is 18.7 Å². The standard InChI is InChI=1S/C9H21O5P/c1-4-7-8-14-9(5-2,13-6-3)15(10,11)12/h4-8H2,1-3H3,(H2,10,11,12)/p-2. The van der Waals surface area contributed by atoms with E-state index in [-0.39, 0.29) is 19.6 Å². The van der Waals surface area contributed by atoms with Gasteiger partial charge in [0.2, 0.25) is 0 Å². The van der Waals surface area contributed by atoms with E-state index in [0.717, 1.165) is 6.42 Å². The van der Waals surface area contributed by atoms with E-state index in [1.807, 2.05) is 6.92 Å². The molecule has 5 nitrogen and oxygen atoms in total. The smallest absolute Gasteiger partial charge is 0.194 e. The highest BCUT2D eigenvalue weighted by Crippen LogP contribution is 2.47. The Kier molecular flexibility index (Phi) is 6.64. The Labute approximate surface area is 90.9 Å². The first-order valence-electron chi connectivity index (χ1n) is 5.23. The fourth-order valence-electron chi connectivity index (χ4n) is 1.20. The molecule has 1 unspecified atom stereocenters. The molecule has 0 amide bonds. The van der Waals surface area contributed by atoms with Crippen LogP contribution in [-0.2, 0) is 14.0 Å². The van der Waals surface area contributed by atoms with Crippen molar-refractivity contribution in [3.05, 3.63) is 0 Å². The zero-order valence-corrected chi connectivity index (χ0v) is 10.4. The molecule has 0 aromatic carbocycles. The third-order valence-electron chi connectivity index (χ3n) is 2.06. The van der Waals surface area contributed by atoms with Gasteiger partial charge in [-0.1, -0.05) is 20.3 Å². The summed E-state index contributed by atoms with van der Waals surface area (Å²) in [5.41, 5.74) is -1.98. The molecule has 0 bridgehead atoms. The minimum atomic E-state index is -4.91. The third kappa shape index (κ3) is 4.21. The summed E-state index contributed by atoms with van der Waals surface area (Å²) in [6.07, 6.45) is 1.58. The lowest BCUT2D eigenvalue weighted by Crippen LogP contribution is -2.44. The molecular formula is C9H19O5P-2. The maximum atomic E-state index is 11.1. The molecule has 0 N–H and O–H groups in total. The first kappa shape index (κ1) is 15.1. The van der Waals surface area contributed by atoms with E-state index >= 15 is 0 Å². The Hall–Kier alpha value is 0.0700. The van der Waals surface area contributed by atoms with Gasteiger partial charge in [-0.3, -0.25) is 0 Å². The van der Waals surface area contributed by atoms with E-state index in [1.54, 1.807) is 13.8 Å². The zero-order chi connectivity index (χ0) is 11.9. The topological polar surface area (TPSA) is 81.7 Å². The van der Waals surface area contributed by atoms with Gasteiger partial charge in [-0.15, -0.1) is 0 Å². The van der Waals surface area contributed by atoms with Crippen LogP contribution in [0.5, 0.6) is 0 Å². The first-order valence-corrected chi connectivity index (χ1v) is 6.77. The van der Waals surface area contributed by atoms with Crippen molar-refractivity contribution in [1.82, 2.24) is 0 Å². The summed E-state index contributed by atoms with van der Waals surface area (Å²) in [6.45, 7) is 5.49. The van der Waals surface area contributed by atoms with Crippen molar-refractivity contribution >= 4 is 7.60 Å². The van der Waals surface area contributed by atoms with Crippen LogP contribution in [0, 0.1) is 0 Å². The van der Waals surface area contributed by atoms with Gasteiger partial charge in [-0.05, 0) is 20.9 Å². The summed E-state index contributed by atoms with van der Waals surface area (Å²) in [5, 5.41) is 0. The van der Waals surface area contributed by atoms with Crippen molar-refractivity contribution in [1.29, 1.82) is 0 Å². The fourth-order valence-corrected chi connectivity index (χ4v) is 2.12. The maximum Gasteiger partial charge on any atom is 0.194 e. The second-order valence-corrected chi connectivity index (χ2v) is 4.88. The lowest BCUT2D eigenvalue weighted by atomic mass is 10.3. The summed E-state index contributed by atoms with van der Waals surface area (Å²) in [5.74, 6) is 0. The number of unbranched alkanes of at least 4 members (excludes halogenated alkanes) is 1. The average molecular weight is 238 g/mol. The predicted octanol–water partition coefficient (Wildman–Crippen LogP) is 0.817. The second kappa shape index (κ2) is 6.61. The van der Waals surface area contributed by atoms with Crippen LogP contribution < -0.4 is 9.79 Å². The van der Waals surface area contributed by atoms with Gasteiger partial charge in [0.25, 0.3) is 0 Å². The molecule has 0 aliphatic rings. The van der Waals surface area contributed by atoms with Crippen molar-refractivity contribution in [2.24, 2.45) is 0 Å². The van der Waals surface area contributed by atoms with Crippen molar-refractivity contribution in [3.63, 3.8) is 0 Å². The summed E-state index contributed by atoms with van der Waals surface area (Å²) in [4.78, 5) is 22.2. The highest BCUT2D eigenvalue weighted by Gasteiger charge is 2.33. The van der Waals surface area contributed by atoms with Crippen LogP contribution in [0.15, 0.2) is 0 Å². The van der Waals surface area contributed by atoms with Gasteiger partial charge < -0.3 is 23.8 Å². The minimum absolute atomic E-state index is 0.00876. The Morgan fingerprint density at radius 1 is 1.20 bits per heavy atom. The second-order valence-electron chi connectivity index (χ2n) is 3.20. The normalized spacial score (nSPS) is 16.3. The Morgan fingerprint density at radius 2 is 1.80 bits per heavy atom. The predicted molar refractivity (Wildman–Crippen MR) is 53.1 cm³/mol. The van der Waals surface area contributed by atoms with Crippen molar-refractivity contribution in [3.8, 4) is 0 Å². The molecule has 0 aliphatic heterocycles. The molecule has 6 heteroatoms. The van der Waals surface area contributed by atoms with E-state index in [2.05, 4.69) is 0 Å². The summed E-state index contributed by atoms with van der Waals surface area (Å²) < 4.78 is 21.2. The van der Waals surface area contributed by atoms with Crippen molar-refractivity contribution in [2.75, 3.05) is 13.2 Å². The SMILES string of the molecule is CCCCOC(CC)(OCC)P(=O)([O-])[O-]. The number of rotatable bonds is 8. The fraction of sp³-hybridized carbons (Fsp3) is 1.00. The molecule has 15 heavy (non-hydrogen) atoms. The summed E-state index contributed by atoms with van der Waals surface area (Å²) in [6, 6.07) is 0. The molecule has 0 rings (SSSR count). The van der Waals surface area contributed by atoms with E-state index in [9.17, 15) is 14.4 Å². The van der Waals surface area contributed by atoms with Gasteiger partial charge in [0, 0.05) is 13.0 Å². The average Bonchev–Trinajstić information content (AvgIpc) is 2.15. The quantitative estimate of drug-likeness (QED) is 0.355. The summed E-state index contributed by atoms with van der Waals surface area (Å²) in [7, 11) is -4.91. The molecule has 0 aromatic rings. The van der Waals surface area contributed by atoms with Crippen LogP contribution in [0.25, 0.3) is 0 Å². The molecule has 0 saturated carbocycles. The molecule has 0 aliphatic carbocycles. The van der Waals surface area contributed by atoms with E-state index in [0.29, 0.717) is 6.42 Å². The van der Waals surface area contributed by atoms with Crippen molar-refractivity contribution < 1.29 is 23.8 Å². The largest absolute Gasteiger partial charge is 0.807 e. The Bertz CT molecular complexity index is 215. The molecule has 92 valence electrons. The van der Waals surface area contributed by atoms with Gasteiger partial charge in [0.1, 0.15) is 0 Å². The first-order chi connectivity index (χ1) is 6.93. The summed E-state index contributed by atoms with van der Waals surface area (Å²) >= 11 is 0. The van der Waals surface area contributed by atoms with E-state index < -0.39 is 13.1 Å². The van der Waals surface area contributed by atoms with Gasteiger partial charge >= 0.3 is 0 Å². The molecule has 0 radical (unpaired) electrons. The molecule has 0 aromatic heterocycles. The van der Waals surface area contributed by atoms with E-state index in [1.165, 1.54) is 0 Å². The Morgan fingerprint density at radius 3 is 2.13 bits per heavy atom. The maximum absolute atomic E-state index is 11.1. The number of ether oxygens (including phenoxy) is 2. The molecular weight excluding hydrogens is 219 g/mol. The van der Waals surface area contributed by atoms with Gasteiger partial charge in [-0.25, -0.2) is 0 Å². The molecule has 0 spiro atoms. The lowest BCUT2D eigenvalue weighted by Gasteiger charge is -2.47. The van der Waals surface area contributed by atoms with Crippen LogP contribution in [0.2, 0.25) is 0 Å². The van der Waals surface area contributed by atoms with E-state index in [4.69, 9.17) is 9.47 Å². The van der Waals surface area contributed by atoms with Crippen LogP contribution >= 0.6 is 7.60 Å². The van der Waals surface area contributed by atoms with Crippen LogP contribution in [0.4, 0.5) is 0 Å².